The van der Waals surface area contributed by atoms with E-state index in [-0.39, 0.29) is 23.7 Å². The van der Waals surface area contributed by atoms with Crippen LogP contribution in [0.2, 0.25) is 0 Å². The second-order valence-electron chi connectivity index (χ2n) is 5.43. The molecule has 2 aromatic rings. The lowest BCUT2D eigenvalue weighted by Gasteiger charge is -2.11. The Bertz CT molecular complexity index is 710. The van der Waals surface area contributed by atoms with Crippen LogP contribution in [-0.4, -0.2) is 28.0 Å². The molecule has 1 heterocycles. The van der Waals surface area contributed by atoms with Gasteiger partial charge >= 0.3 is 5.97 Å². The summed E-state index contributed by atoms with van der Waals surface area (Å²) in [4.78, 5) is 26.0. The fourth-order valence-corrected chi connectivity index (χ4v) is 2.83. The van der Waals surface area contributed by atoms with E-state index in [1.54, 1.807) is 12.1 Å². The molecule has 1 aliphatic rings. The third-order valence-corrected chi connectivity index (χ3v) is 3.94. The molecule has 1 amide bonds. The molecule has 110 valence electrons. The second-order valence-corrected chi connectivity index (χ2v) is 5.43. The molecule has 0 radical (unpaired) electrons. The lowest BCUT2D eigenvalue weighted by atomic mass is 10.1. The van der Waals surface area contributed by atoms with Crippen LogP contribution in [0.5, 0.6) is 0 Å². The molecule has 1 fully saturated rings. The molecule has 1 aliphatic carbocycles. The van der Waals surface area contributed by atoms with Gasteiger partial charge in [-0.25, -0.2) is 4.39 Å². The van der Waals surface area contributed by atoms with Gasteiger partial charge in [0.25, 0.3) is 5.91 Å². The summed E-state index contributed by atoms with van der Waals surface area (Å²) in [5.74, 6) is -1.84. The van der Waals surface area contributed by atoms with E-state index in [1.807, 2.05) is 0 Å². The highest BCUT2D eigenvalue weighted by Crippen LogP contribution is 2.26. The van der Waals surface area contributed by atoms with Crippen molar-refractivity contribution >= 4 is 22.8 Å². The Morgan fingerprint density at radius 3 is 2.81 bits per heavy atom. The van der Waals surface area contributed by atoms with E-state index in [1.165, 1.54) is 12.1 Å². The van der Waals surface area contributed by atoms with Crippen LogP contribution in [0.15, 0.2) is 24.3 Å². The molecule has 1 aromatic carbocycles. The molecule has 3 rings (SSSR count). The predicted octanol–water partition coefficient (Wildman–Crippen LogP) is 2.29. The average Bonchev–Trinajstić information content (AvgIpc) is 3.04. The maximum absolute atomic E-state index is 13.1. The molecular formula is C15H15FN2O3. The van der Waals surface area contributed by atoms with Crippen molar-refractivity contribution in [2.75, 3.05) is 0 Å². The zero-order valence-electron chi connectivity index (χ0n) is 11.2. The molecule has 21 heavy (non-hydrogen) atoms. The van der Waals surface area contributed by atoms with Gasteiger partial charge in [-0.3, -0.25) is 9.59 Å². The van der Waals surface area contributed by atoms with Crippen LogP contribution in [0.1, 0.15) is 29.8 Å². The average molecular weight is 290 g/mol. The SMILES string of the molecule is O=C(N[C@H]1CC[C@@H](C(=O)O)C1)c1cc2cc(F)ccc2[nH]1. The van der Waals surface area contributed by atoms with E-state index in [2.05, 4.69) is 10.3 Å². The van der Waals surface area contributed by atoms with Crippen LogP contribution >= 0.6 is 0 Å². The number of halogens is 1. The number of amides is 1. The van der Waals surface area contributed by atoms with Crippen molar-refractivity contribution in [2.45, 2.75) is 25.3 Å². The molecule has 0 bridgehead atoms. The molecule has 3 N–H and O–H groups in total. The van der Waals surface area contributed by atoms with Gasteiger partial charge in [-0.15, -0.1) is 0 Å². The van der Waals surface area contributed by atoms with Crippen molar-refractivity contribution < 1.29 is 19.1 Å². The molecule has 5 nitrogen and oxygen atoms in total. The highest BCUT2D eigenvalue weighted by Gasteiger charge is 2.30. The minimum atomic E-state index is -0.812. The molecule has 1 saturated carbocycles. The van der Waals surface area contributed by atoms with Crippen LogP contribution in [0, 0.1) is 11.7 Å². The highest BCUT2D eigenvalue weighted by molar-refractivity contribution is 5.98. The summed E-state index contributed by atoms with van der Waals surface area (Å²) in [6.07, 6.45) is 1.70. The van der Waals surface area contributed by atoms with Crippen LogP contribution in [0.4, 0.5) is 4.39 Å². The van der Waals surface area contributed by atoms with Gasteiger partial charge in [0.2, 0.25) is 0 Å². The molecule has 0 unspecified atom stereocenters. The van der Waals surface area contributed by atoms with Crippen molar-refractivity contribution in [3.63, 3.8) is 0 Å². The number of carboxylic acid groups (broad SMARTS) is 1. The number of rotatable bonds is 3. The smallest absolute Gasteiger partial charge is 0.306 e. The van der Waals surface area contributed by atoms with Gasteiger partial charge < -0.3 is 15.4 Å². The number of aliphatic carboxylic acids is 1. The standard InChI is InChI=1S/C15H15FN2O3/c16-10-2-4-12-9(5-10)7-13(18-12)14(19)17-11-3-1-8(6-11)15(20)21/h2,4-5,7-8,11,18H,1,3,6H2,(H,17,19)(H,20,21)/t8-,11+/m1/s1. The Hall–Kier alpha value is -2.37. The first-order chi connectivity index (χ1) is 10.0. The number of carbonyl (C=O) groups is 2. The van der Waals surface area contributed by atoms with Crippen LogP contribution in [0.3, 0.4) is 0 Å². The fourth-order valence-electron chi connectivity index (χ4n) is 2.83. The number of hydrogen-bond donors (Lipinski definition) is 3. The highest BCUT2D eigenvalue weighted by atomic mass is 19.1. The summed E-state index contributed by atoms with van der Waals surface area (Å²) >= 11 is 0. The quantitative estimate of drug-likeness (QED) is 0.811. The largest absolute Gasteiger partial charge is 0.481 e. The topological polar surface area (TPSA) is 82.2 Å². The number of H-pyrrole nitrogens is 1. The normalized spacial score (nSPS) is 21.6. The van der Waals surface area contributed by atoms with Gasteiger partial charge in [0.15, 0.2) is 0 Å². The number of carbonyl (C=O) groups excluding carboxylic acids is 1. The molecule has 0 aliphatic heterocycles. The van der Waals surface area contributed by atoms with Crippen molar-refractivity contribution in [2.24, 2.45) is 5.92 Å². The Labute approximate surface area is 120 Å². The van der Waals surface area contributed by atoms with E-state index in [9.17, 15) is 14.0 Å². The number of hydrogen-bond acceptors (Lipinski definition) is 2. The summed E-state index contributed by atoms with van der Waals surface area (Å²) in [5, 5.41) is 12.4. The number of carboxylic acids is 1. The monoisotopic (exact) mass is 290 g/mol. The van der Waals surface area contributed by atoms with Crippen molar-refractivity contribution in [3.8, 4) is 0 Å². The van der Waals surface area contributed by atoms with Gasteiger partial charge in [-0.2, -0.15) is 0 Å². The third kappa shape index (κ3) is 2.74. The Morgan fingerprint density at radius 1 is 1.29 bits per heavy atom. The summed E-state index contributed by atoms with van der Waals surface area (Å²) in [6.45, 7) is 0. The summed E-state index contributed by atoms with van der Waals surface area (Å²) in [6, 6.07) is 5.74. The summed E-state index contributed by atoms with van der Waals surface area (Å²) in [7, 11) is 0. The van der Waals surface area contributed by atoms with E-state index in [4.69, 9.17) is 5.11 Å². The van der Waals surface area contributed by atoms with E-state index >= 15 is 0 Å². The minimum absolute atomic E-state index is 0.123. The first kappa shape index (κ1) is 13.6. The lowest BCUT2D eigenvalue weighted by Crippen LogP contribution is -2.33. The molecule has 6 heteroatoms. The first-order valence-corrected chi connectivity index (χ1v) is 6.85. The number of benzene rings is 1. The summed E-state index contributed by atoms with van der Waals surface area (Å²) < 4.78 is 13.1. The van der Waals surface area contributed by atoms with Crippen LogP contribution in [-0.2, 0) is 4.79 Å². The Morgan fingerprint density at radius 2 is 2.10 bits per heavy atom. The zero-order valence-corrected chi connectivity index (χ0v) is 11.2. The Kier molecular flexibility index (Phi) is 3.37. The Balaban J connectivity index is 1.71. The van der Waals surface area contributed by atoms with Gasteiger partial charge in [0.05, 0.1) is 5.92 Å². The van der Waals surface area contributed by atoms with Crippen LogP contribution in [0.25, 0.3) is 10.9 Å². The number of aromatic amines is 1. The third-order valence-electron chi connectivity index (χ3n) is 3.94. The van der Waals surface area contributed by atoms with Gasteiger partial charge in [-0.1, -0.05) is 0 Å². The number of nitrogens with one attached hydrogen (secondary N) is 2. The number of fused-ring (bicyclic) bond motifs is 1. The maximum Gasteiger partial charge on any atom is 0.306 e. The molecule has 1 aromatic heterocycles. The molecule has 0 spiro atoms. The summed E-state index contributed by atoms with van der Waals surface area (Å²) in [5.41, 5.74) is 1.05. The zero-order chi connectivity index (χ0) is 15.0. The lowest BCUT2D eigenvalue weighted by molar-refractivity contribution is -0.141. The van der Waals surface area contributed by atoms with Crippen LogP contribution < -0.4 is 5.32 Å². The van der Waals surface area contributed by atoms with Crippen molar-refractivity contribution in [3.05, 3.63) is 35.8 Å². The second kappa shape index (κ2) is 5.20. The minimum Gasteiger partial charge on any atom is -0.481 e. The maximum atomic E-state index is 13.1. The number of aromatic nitrogens is 1. The first-order valence-electron chi connectivity index (χ1n) is 6.85. The molecule has 2 atom stereocenters. The fraction of sp³-hybridized carbons (Fsp3) is 0.333. The van der Waals surface area contributed by atoms with Gasteiger partial charge in [0.1, 0.15) is 11.5 Å². The van der Waals surface area contributed by atoms with Crippen molar-refractivity contribution in [1.29, 1.82) is 0 Å². The van der Waals surface area contributed by atoms with E-state index < -0.39 is 5.97 Å². The van der Waals surface area contributed by atoms with Crippen molar-refractivity contribution in [1.82, 2.24) is 10.3 Å². The van der Waals surface area contributed by atoms with Gasteiger partial charge in [-0.05, 0) is 43.5 Å². The predicted molar refractivity (Wildman–Crippen MR) is 74.5 cm³/mol. The molecular weight excluding hydrogens is 275 g/mol. The van der Waals surface area contributed by atoms with E-state index in [0.29, 0.717) is 35.9 Å². The van der Waals surface area contributed by atoms with E-state index in [0.717, 1.165) is 0 Å². The van der Waals surface area contributed by atoms with Gasteiger partial charge in [0, 0.05) is 16.9 Å². The molecule has 0 saturated heterocycles.